The quantitative estimate of drug-likeness (QED) is 0.792. The van der Waals surface area contributed by atoms with Crippen LogP contribution in [0.2, 0.25) is 0 Å². The molecule has 0 bridgehead atoms. The Morgan fingerprint density at radius 3 is 3.14 bits per heavy atom. The molecule has 0 aliphatic rings. The molecule has 0 radical (unpaired) electrons. The van der Waals surface area contributed by atoms with Crippen molar-refractivity contribution in [1.29, 1.82) is 0 Å². The molecule has 1 N–H and O–H groups in total. The minimum Gasteiger partial charge on any atom is -0.317 e. The second-order valence-corrected chi connectivity index (χ2v) is 3.62. The number of nitrogens with zero attached hydrogens (tertiary/aromatic N) is 2. The zero-order valence-corrected chi connectivity index (χ0v) is 8.57. The first kappa shape index (κ1) is 9.21. The summed E-state index contributed by atoms with van der Waals surface area (Å²) in [5.41, 5.74) is 2.34. The van der Waals surface area contributed by atoms with Crippen LogP contribution in [0.25, 0.3) is 5.65 Å². The Morgan fingerprint density at radius 2 is 2.36 bits per heavy atom. The maximum Gasteiger partial charge on any atom is 0.136 e. The van der Waals surface area contributed by atoms with E-state index in [1.54, 1.807) is 0 Å². The summed E-state index contributed by atoms with van der Waals surface area (Å²) in [7, 11) is 1.98. The fourth-order valence-corrected chi connectivity index (χ4v) is 1.53. The lowest BCUT2D eigenvalue weighted by Gasteiger charge is -2.09. The Morgan fingerprint density at radius 1 is 1.50 bits per heavy atom. The Balaban J connectivity index is 2.25. The number of hydrogen-bond acceptors (Lipinski definition) is 2. The van der Waals surface area contributed by atoms with E-state index in [0.717, 1.165) is 12.1 Å². The van der Waals surface area contributed by atoms with Gasteiger partial charge in [-0.3, -0.25) is 0 Å². The van der Waals surface area contributed by atoms with Crippen molar-refractivity contribution in [1.82, 2.24) is 14.7 Å². The number of aromatic nitrogens is 2. The molecule has 2 rings (SSSR count). The molecule has 2 aromatic heterocycles. The molecule has 0 amide bonds. The van der Waals surface area contributed by atoms with Crippen molar-refractivity contribution in [2.45, 2.75) is 19.4 Å². The van der Waals surface area contributed by atoms with Gasteiger partial charge in [-0.2, -0.15) is 0 Å². The smallest absolute Gasteiger partial charge is 0.136 e. The fourth-order valence-electron chi connectivity index (χ4n) is 1.53. The molecular weight excluding hydrogens is 174 g/mol. The van der Waals surface area contributed by atoms with Crippen LogP contribution < -0.4 is 5.32 Å². The van der Waals surface area contributed by atoms with Crippen LogP contribution in [0.1, 0.15) is 12.5 Å². The van der Waals surface area contributed by atoms with Gasteiger partial charge in [-0.15, -0.1) is 0 Å². The molecule has 14 heavy (non-hydrogen) atoms. The topological polar surface area (TPSA) is 29.3 Å². The lowest BCUT2D eigenvalue weighted by atomic mass is 10.1. The first-order chi connectivity index (χ1) is 6.79. The predicted molar refractivity (Wildman–Crippen MR) is 57.4 cm³/mol. The van der Waals surface area contributed by atoms with Gasteiger partial charge in [0.2, 0.25) is 0 Å². The second kappa shape index (κ2) is 3.80. The minimum atomic E-state index is 0.507. The van der Waals surface area contributed by atoms with Crippen molar-refractivity contribution < 1.29 is 0 Å². The summed E-state index contributed by atoms with van der Waals surface area (Å²) < 4.78 is 2.02. The fraction of sp³-hybridized carbons (Fsp3) is 0.364. The first-order valence-corrected chi connectivity index (χ1v) is 4.88. The molecule has 0 aliphatic heterocycles. The van der Waals surface area contributed by atoms with Crippen molar-refractivity contribution in [2.24, 2.45) is 0 Å². The highest BCUT2D eigenvalue weighted by Crippen LogP contribution is 2.07. The third kappa shape index (κ3) is 1.77. The maximum atomic E-state index is 4.26. The van der Waals surface area contributed by atoms with Crippen LogP contribution in [-0.4, -0.2) is 22.5 Å². The van der Waals surface area contributed by atoms with Crippen LogP contribution in [-0.2, 0) is 6.42 Å². The summed E-state index contributed by atoms with van der Waals surface area (Å²) in [5.74, 6) is 0. The van der Waals surface area contributed by atoms with E-state index in [9.17, 15) is 0 Å². The summed E-state index contributed by atoms with van der Waals surface area (Å²) in [5, 5.41) is 3.23. The van der Waals surface area contributed by atoms with Gasteiger partial charge >= 0.3 is 0 Å². The van der Waals surface area contributed by atoms with Crippen molar-refractivity contribution in [2.75, 3.05) is 7.05 Å². The van der Waals surface area contributed by atoms with E-state index in [2.05, 4.69) is 35.6 Å². The highest BCUT2D eigenvalue weighted by atomic mass is 15.0. The largest absolute Gasteiger partial charge is 0.317 e. The molecule has 0 fully saturated rings. The third-order valence-corrected chi connectivity index (χ3v) is 2.50. The van der Waals surface area contributed by atoms with Crippen LogP contribution >= 0.6 is 0 Å². The van der Waals surface area contributed by atoms with Crippen LogP contribution in [0.15, 0.2) is 30.7 Å². The van der Waals surface area contributed by atoms with E-state index in [1.165, 1.54) is 5.56 Å². The zero-order chi connectivity index (χ0) is 9.97. The Kier molecular flexibility index (Phi) is 2.50. The molecule has 3 heteroatoms. The molecular formula is C11H15N3. The molecule has 1 unspecified atom stereocenters. The highest BCUT2D eigenvalue weighted by Gasteiger charge is 2.01. The van der Waals surface area contributed by atoms with Crippen LogP contribution in [0.3, 0.4) is 0 Å². The lowest BCUT2D eigenvalue weighted by molar-refractivity contribution is 0.608. The molecule has 0 spiro atoms. The van der Waals surface area contributed by atoms with E-state index >= 15 is 0 Å². The first-order valence-electron chi connectivity index (χ1n) is 4.88. The molecule has 3 nitrogen and oxygen atoms in total. The van der Waals surface area contributed by atoms with Gasteiger partial charge in [-0.05, 0) is 38.1 Å². The van der Waals surface area contributed by atoms with E-state index in [-0.39, 0.29) is 0 Å². The predicted octanol–water partition coefficient (Wildman–Crippen LogP) is 1.48. The van der Waals surface area contributed by atoms with E-state index in [4.69, 9.17) is 0 Å². The Hall–Kier alpha value is -1.35. The van der Waals surface area contributed by atoms with Gasteiger partial charge < -0.3 is 9.72 Å². The van der Waals surface area contributed by atoms with Crippen molar-refractivity contribution >= 4 is 5.65 Å². The van der Waals surface area contributed by atoms with Crippen molar-refractivity contribution in [3.8, 4) is 0 Å². The summed E-state index contributed by atoms with van der Waals surface area (Å²) in [6.07, 6.45) is 6.88. The number of fused-ring (bicyclic) bond motifs is 1. The number of likely N-dealkylation sites (N-methyl/N-ethyl adjacent to an activating group) is 1. The minimum absolute atomic E-state index is 0.507. The van der Waals surface area contributed by atoms with Gasteiger partial charge in [0.25, 0.3) is 0 Å². The van der Waals surface area contributed by atoms with E-state index < -0.39 is 0 Å². The lowest BCUT2D eigenvalue weighted by Crippen LogP contribution is -2.23. The van der Waals surface area contributed by atoms with Crippen LogP contribution in [0.5, 0.6) is 0 Å². The zero-order valence-electron chi connectivity index (χ0n) is 8.57. The summed E-state index contributed by atoms with van der Waals surface area (Å²) in [6.45, 7) is 2.18. The molecule has 0 saturated heterocycles. The van der Waals surface area contributed by atoms with Gasteiger partial charge in [0.15, 0.2) is 0 Å². The molecule has 0 aromatic carbocycles. The van der Waals surface area contributed by atoms with Gasteiger partial charge in [0.05, 0.1) is 0 Å². The standard InChI is InChI=1S/C11H15N3/c1-9(12-2)7-10-3-5-14-6-4-13-11(14)8-10/h3-6,8-9,12H,7H2,1-2H3. The Labute approximate surface area is 83.8 Å². The Bertz CT molecular complexity index is 419. The van der Waals surface area contributed by atoms with E-state index in [0.29, 0.717) is 6.04 Å². The van der Waals surface area contributed by atoms with Crippen LogP contribution in [0.4, 0.5) is 0 Å². The van der Waals surface area contributed by atoms with Crippen molar-refractivity contribution in [3.63, 3.8) is 0 Å². The average molecular weight is 189 g/mol. The summed E-state index contributed by atoms with van der Waals surface area (Å²) in [6, 6.07) is 4.78. The number of imidazole rings is 1. The molecule has 0 saturated carbocycles. The summed E-state index contributed by atoms with van der Waals surface area (Å²) >= 11 is 0. The number of rotatable bonds is 3. The van der Waals surface area contributed by atoms with Gasteiger partial charge in [-0.1, -0.05) is 0 Å². The van der Waals surface area contributed by atoms with Gasteiger partial charge in [-0.25, -0.2) is 4.98 Å². The maximum absolute atomic E-state index is 4.26. The van der Waals surface area contributed by atoms with Gasteiger partial charge in [0.1, 0.15) is 5.65 Å². The monoisotopic (exact) mass is 189 g/mol. The van der Waals surface area contributed by atoms with Crippen molar-refractivity contribution in [3.05, 3.63) is 36.3 Å². The van der Waals surface area contributed by atoms with Gasteiger partial charge in [0, 0.05) is 24.6 Å². The number of nitrogens with one attached hydrogen (secondary N) is 1. The second-order valence-electron chi connectivity index (χ2n) is 3.62. The normalized spacial score (nSPS) is 13.3. The van der Waals surface area contributed by atoms with E-state index in [1.807, 2.05) is 23.8 Å². The molecule has 2 aromatic rings. The SMILES string of the molecule is CNC(C)Cc1ccn2ccnc2c1. The third-order valence-electron chi connectivity index (χ3n) is 2.50. The number of hydrogen-bond donors (Lipinski definition) is 1. The highest BCUT2D eigenvalue weighted by molar-refractivity contribution is 5.41. The summed E-state index contributed by atoms with van der Waals surface area (Å²) in [4.78, 5) is 4.26. The molecule has 2 heterocycles. The molecule has 74 valence electrons. The molecule has 0 aliphatic carbocycles. The van der Waals surface area contributed by atoms with Crippen LogP contribution in [0, 0.1) is 0 Å². The average Bonchev–Trinajstić information content (AvgIpc) is 2.64. The molecule has 1 atom stereocenters. The number of pyridine rings is 1.